The number of nitrogens with zero attached hydrogens (tertiary/aromatic N) is 2. The molecule has 2 heterocycles. The average Bonchev–Trinajstić information content (AvgIpc) is 2.29. The Morgan fingerprint density at radius 3 is 2.82 bits per heavy atom. The molecule has 0 aliphatic carbocycles. The summed E-state index contributed by atoms with van der Waals surface area (Å²) in [6.07, 6.45) is 2.48. The number of amides is 1. The second-order valence-electron chi connectivity index (χ2n) is 3.01. The molecule has 7 heteroatoms. The van der Waals surface area contributed by atoms with Crippen molar-refractivity contribution in [3.05, 3.63) is 51.9 Å². The van der Waals surface area contributed by atoms with Crippen LogP contribution in [0, 0.1) is 0 Å². The van der Waals surface area contributed by atoms with Gasteiger partial charge in [-0.05, 0) is 23.7 Å². The normalized spacial score (nSPS) is 9.94. The van der Waals surface area contributed by atoms with Gasteiger partial charge in [-0.25, -0.2) is 14.8 Å². The van der Waals surface area contributed by atoms with Gasteiger partial charge in [0.25, 0.3) is 5.91 Å². The molecule has 2 rings (SSSR count). The van der Waals surface area contributed by atoms with Crippen molar-refractivity contribution in [1.82, 2.24) is 9.97 Å². The molecule has 86 valence electrons. The fraction of sp³-hybridized carbons (Fsp3) is 0. The highest BCUT2D eigenvalue weighted by molar-refractivity contribution is 6.28. The Kier molecular flexibility index (Phi) is 3.15. The first-order chi connectivity index (χ1) is 8.15. The van der Waals surface area contributed by atoms with E-state index in [2.05, 4.69) is 19.7 Å². The van der Waals surface area contributed by atoms with E-state index in [0.717, 1.165) is 12.3 Å². The Bertz CT molecular complexity index is 591. The summed E-state index contributed by atoms with van der Waals surface area (Å²) in [5.74, 6) is -0.190. The first kappa shape index (κ1) is 11.3. The van der Waals surface area contributed by atoms with Crippen LogP contribution in [0.25, 0.3) is 0 Å². The molecule has 0 unspecified atom stereocenters. The van der Waals surface area contributed by atoms with Crippen molar-refractivity contribution in [1.29, 1.82) is 0 Å². The third-order valence-electron chi connectivity index (χ3n) is 1.83. The number of anilines is 1. The highest BCUT2D eigenvalue weighted by atomic mass is 35.5. The predicted molar refractivity (Wildman–Crippen MR) is 60.0 cm³/mol. The third-order valence-corrected chi connectivity index (χ3v) is 2.01. The van der Waals surface area contributed by atoms with Crippen LogP contribution in [0.2, 0.25) is 5.28 Å². The van der Waals surface area contributed by atoms with Gasteiger partial charge in [0.15, 0.2) is 0 Å². The van der Waals surface area contributed by atoms with Crippen LogP contribution in [-0.4, -0.2) is 15.9 Å². The van der Waals surface area contributed by atoms with E-state index >= 15 is 0 Å². The van der Waals surface area contributed by atoms with Gasteiger partial charge in [0, 0.05) is 12.3 Å². The van der Waals surface area contributed by atoms with Crippen LogP contribution in [0.5, 0.6) is 0 Å². The van der Waals surface area contributed by atoms with Crippen molar-refractivity contribution in [2.24, 2.45) is 0 Å². The number of rotatable bonds is 2. The summed E-state index contributed by atoms with van der Waals surface area (Å²) in [6, 6.07) is 3.99. The zero-order valence-electron chi connectivity index (χ0n) is 8.38. The lowest BCUT2D eigenvalue weighted by Gasteiger charge is -2.02. The quantitative estimate of drug-likeness (QED) is 0.814. The summed E-state index contributed by atoms with van der Waals surface area (Å²) in [6.45, 7) is 0. The molecule has 0 aliphatic heterocycles. The second-order valence-corrected chi connectivity index (χ2v) is 3.35. The molecule has 0 saturated heterocycles. The maximum absolute atomic E-state index is 11.7. The monoisotopic (exact) mass is 251 g/mol. The minimum absolute atomic E-state index is 0.0300. The van der Waals surface area contributed by atoms with E-state index in [0.29, 0.717) is 0 Å². The summed E-state index contributed by atoms with van der Waals surface area (Å²) in [5, 5.41) is 2.51. The van der Waals surface area contributed by atoms with E-state index in [-0.39, 0.29) is 16.7 Å². The summed E-state index contributed by atoms with van der Waals surface area (Å²) in [5.41, 5.74) is -0.314. The average molecular weight is 252 g/mol. The molecule has 0 aromatic carbocycles. The molecule has 2 aromatic heterocycles. The van der Waals surface area contributed by atoms with Gasteiger partial charge < -0.3 is 9.73 Å². The van der Waals surface area contributed by atoms with Crippen LogP contribution in [0.3, 0.4) is 0 Å². The minimum Gasteiger partial charge on any atom is -0.430 e. The number of hydrogen-bond donors (Lipinski definition) is 1. The number of hydrogen-bond acceptors (Lipinski definition) is 5. The van der Waals surface area contributed by atoms with E-state index < -0.39 is 11.5 Å². The van der Waals surface area contributed by atoms with Gasteiger partial charge in [-0.15, -0.1) is 0 Å². The van der Waals surface area contributed by atoms with Gasteiger partial charge in [-0.1, -0.05) is 0 Å². The fourth-order valence-corrected chi connectivity index (χ4v) is 1.23. The van der Waals surface area contributed by atoms with Crippen LogP contribution < -0.4 is 10.9 Å². The molecule has 2 aromatic rings. The van der Waals surface area contributed by atoms with Crippen LogP contribution in [0.4, 0.5) is 5.82 Å². The standard InChI is InChI=1S/C10H6ClN3O3/c11-10-12-4-3-7(14-10)13-9(16)6-1-2-8(15)17-5-6/h1-5H,(H,12,13,14,16). The summed E-state index contributed by atoms with van der Waals surface area (Å²) >= 11 is 5.56. The molecule has 17 heavy (non-hydrogen) atoms. The Labute approximate surface area is 100 Å². The van der Waals surface area contributed by atoms with E-state index in [4.69, 9.17) is 11.6 Å². The van der Waals surface area contributed by atoms with E-state index in [1.165, 1.54) is 18.3 Å². The lowest BCUT2D eigenvalue weighted by atomic mass is 10.3. The fourth-order valence-electron chi connectivity index (χ4n) is 1.08. The molecule has 1 N–H and O–H groups in total. The maximum Gasteiger partial charge on any atom is 0.335 e. The van der Waals surface area contributed by atoms with Crippen LogP contribution in [0.1, 0.15) is 10.4 Å². The van der Waals surface area contributed by atoms with Crippen molar-refractivity contribution in [2.75, 3.05) is 5.32 Å². The van der Waals surface area contributed by atoms with Crippen LogP contribution >= 0.6 is 11.6 Å². The SMILES string of the molecule is O=C(Nc1ccnc(Cl)n1)c1ccc(=O)oc1. The van der Waals surface area contributed by atoms with Crippen molar-refractivity contribution in [2.45, 2.75) is 0 Å². The Morgan fingerprint density at radius 2 is 2.18 bits per heavy atom. The third kappa shape index (κ3) is 2.88. The molecular weight excluding hydrogens is 246 g/mol. The first-order valence-corrected chi connectivity index (χ1v) is 4.92. The van der Waals surface area contributed by atoms with E-state index in [9.17, 15) is 9.59 Å². The van der Waals surface area contributed by atoms with Gasteiger partial charge >= 0.3 is 5.63 Å². The second kappa shape index (κ2) is 4.75. The topological polar surface area (TPSA) is 85.1 Å². The molecule has 0 aliphatic rings. The molecule has 0 atom stereocenters. The van der Waals surface area contributed by atoms with Crippen LogP contribution in [0.15, 0.2) is 39.9 Å². The molecular formula is C10H6ClN3O3. The zero-order valence-corrected chi connectivity index (χ0v) is 9.14. The summed E-state index contributed by atoms with van der Waals surface area (Å²) in [4.78, 5) is 29.8. The summed E-state index contributed by atoms with van der Waals surface area (Å²) < 4.78 is 4.57. The number of halogens is 1. The van der Waals surface area contributed by atoms with Crippen molar-refractivity contribution in [3.63, 3.8) is 0 Å². The highest BCUT2D eigenvalue weighted by Gasteiger charge is 2.07. The van der Waals surface area contributed by atoms with Crippen molar-refractivity contribution >= 4 is 23.3 Å². The van der Waals surface area contributed by atoms with Crippen molar-refractivity contribution < 1.29 is 9.21 Å². The van der Waals surface area contributed by atoms with E-state index in [1.807, 2.05) is 0 Å². The molecule has 0 spiro atoms. The Hall–Kier alpha value is -2.21. The number of nitrogens with one attached hydrogen (secondary N) is 1. The smallest absolute Gasteiger partial charge is 0.335 e. The van der Waals surface area contributed by atoms with Gasteiger partial charge in [-0.2, -0.15) is 0 Å². The molecule has 6 nitrogen and oxygen atoms in total. The van der Waals surface area contributed by atoms with Gasteiger partial charge in [0.05, 0.1) is 5.56 Å². The first-order valence-electron chi connectivity index (χ1n) is 4.54. The van der Waals surface area contributed by atoms with Gasteiger partial charge in [-0.3, -0.25) is 4.79 Å². The predicted octanol–water partition coefficient (Wildman–Crippen LogP) is 1.34. The number of aromatic nitrogens is 2. The molecule has 0 radical (unpaired) electrons. The van der Waals surface area contributed by atoms with Crippen molar-refractivity contribution in [3.8, 4) is 0 Å². The van der Waals surface area contributed by atoms with E-state index in [1.54, 1.807) is 0 Å². The van der Waals surface area contributed by atoms with Gasteiger partial charge in [0.2, 0.25) is 5.28 Å². The largest absolute Gasteiger partial charge is 0.430 e. The number of carbonyl (C=O) groups is 1. The molecule has 0 bridgehead atoms. The highest BCUT2D eigenvalue weighted by Crippen LogP contribution is 2.07. The zero-order chi connectivity index (χ0) is 12.3. The minimum atomic E-state index is -0.522. The molecule has 1 amide bonds. The van der Waals surface area contributed by atoms with Crippen LogP contribution in [-0.2, 0) is 0 Å². The number of carbonyl (C=O) groups excluding carboxylic acids is 1. The molecule has 0 fully saturated rings. The van der Waals surface area contributed by atoms with Gasteiger partial charge in [0.1, 0.15) is 12.1 Å². The Balaban J connectivity index is 2.17. The lowest BCUT2D eigenvalue weighted by Crippen LogP contribution is -2.14. The summed E-state index contributed by atoms with van der Waals surface area (Å²) in [7, 11) is 0. The maximum atomic E-state index is 11.7. The Morgan fingerprint density at radius 1 is 1.35 bits per heavy atom. The lowest BCUT2D eigenvalue weighted by molar-refractivity contribution is 0.102. The molecule has 0 saturated carbocycles.